The van der Waals surface area contributed by atoms with Gasteiger partial charge in [-0.15, -0.1) is 11.3 Å². The monoisotopic (exact) mass is 504 g/mol. The topological polar surface area (TPSA) is 55.1 Å². The number of rotatable bonds is 5. The lowest BCUT2D eigenvalue weighted by Gasteiger charge is -2.08. The molecule has 0 bridgehead atoms. The van der Waals surface area contributed by atoms with Gasteiger partial charge in [-0.2, -0.15) is 0 Å². The van der Waals surface area contributed by atoms with Crippen molar-refractivity contribution in [2.45, 2.75) is 6.92 Å². The van der Waals surface area contributed by atoms with Crippen LogP contribution in [0.2, 0.25) is 10.0 Å². The van der Waals surface area contributed by atoms with E-state index in [1.54, 1.807) is 41.7 Å². The van der Waals surface area contributed by atoms with E-state index in [0.29, 0.717) is 21.6 Å². The molecule has 0 spiro atoms. The standard InChI is InChI=1S/C27H18Cl2N2O2S/c1-16-6-7-17(27-31-22-4-2-3-5-25(22)34-27)14-23(16)30-26(32)11-9-21-8-10-24(33-21)18-12-19(28)15-20(29)13-18/h2-15H,1H3,(H,30,32)/b11-9+. The van der Waals surface area contributed by atoms with Gasteiger partial charge in [0.15, 0.2) is 0 Å². The lowest BCUT2D eigenvalue weighted by atomic mass is 10.1. The Kier molecular flexibility index (Phi) is 6.24. The summed E-state index contributed by atoms with van der Waals surface area (Å²) in [6.07, 6.45) is 3.06. The molecule has 2 aromatic heterocycles. The van der Waals surface area contributed by atoms with E-state index >= 15 is 0 Å². The Balaban J connectivity index is 1.32. The maximum absolute atomic E-state index is 12.6. The van der Waals surface area contributed by atoms with Crippen LogP contribution in [0.5, 0.6) is 0 Å². The predicted molar refractivity (Wildman–Crippen MR) is 142 cm³/mol. The molecule has 1 amide bonds. The summed E-state index contributed by atoms with van der Waals surface area (Å²) < 4.78 is 6.95. The second kappa shape index (κ2) is 9.47. The summed E-state index contributed by atoms with van der Waals surface area (Å²) in [6, 6.07) is 22.8. The normalized spacial score (nSPS) is 11.4. The lowest BCUT2D eigenvalue weighted by Crippen LogP contribution is -2.09. The van der Waals surface area contributed by atoms with Crippen molar-refractivity contribution < 1.29 is 9.21 Å². The number of aromatic nitrogens is 1. The number of nitrogens with zero attached hydrogens (tertiary/aromatic N) is 1. The van der Waals surface area contributed by atoms with E-state index < -0.39 is 0 Å². The molecule has 34 heavy (non-hydrogen) atoms. The van der Waals surface area contributed by atoms with Gasteiger partial charge in [0.2, 0.25) is 5.91 Å². The Morgan fingerprint density at radius 1 is 0.971 bits per heavy atom. The van der Waals surface area contributed by atoms with Crippen molar-refractivity contribution in [3.8, 4) is 21.9 Å². The third-order valence-corrected chi connectivity index (χ3v) is 6.73. The van der Waals surface area contributed by atoms with Crippen LogP contribution in [-0.2, 0) is 4.79 Å². The van der Waals surface area contributed by atoms with Gasteiger partial charge in [0.25, 0.3) is 0 Å². The molecule has 4 nitrogen and oxygen atoms in total. The van der Waals surface area contributed by atoms with E-state index in [0.717, 1.165) is 37.6 Å². The Morgan fingerprint density at radius 3 is 2.56 bits per heavy atom. The molecule has 0 saturated heterocycles. The molecule has 1 N–H and O–H groups in total. The molecule has 2 heterocycles. The fraction of sp³-hybridized carbons (Fsp3) is 0.0370. The summed E-state index contributed by atoms with van der Waals surface area (Å²) >= 11 is 13.8. The fourth-order valence-corrected chi connectivity index (χ4v) is 5.00. The molecule has 3 aromatic carbocycles. The second-order valence-corrected chi connectivity index (χ2v) is 9.60. The molecule has 0 radical (unpaired) electrons. The number of benzene rings is 3. The smallest absolute Gasteiger partial charge is 0.248 e. The number of hydrogen-bond acceptors (Lipinski definition) is 4. The van der Waals surface area contributed by atoms with E-state index in [1.807, 2.05) is 49.4 Å². The van der Waals surface area contributed by atoms with E-state index in [4.69, 9.17) is 32.6 Å². The summed E-state index contributed by atoms with van der Waals surface area (Å²) in [4.78, 5) is 17.3. The van der Waals surface area contributed by atoms with Crippen molar-refractivity contribution in [2.75, 3.05) is 5.32 Å². The Labute approximate surface area is 210 Å². The number of aryl methyl sites for hydroxylation is 1. The van der Waals surface area contributed by atoms with Crippen LogP contribution < -0.4 is 5.32 Å². The summed E-state index contributed by atoms with van der Waals surface area (Å²) in [7, 11) is 0. The number of thiazole rings is 1. The molecule has 0 fully saturated rings. The van der Waals surface area contributed by atoms with Crippen LogP contribution in [-0.4, -0.2) is 10.9 Å². The van der Waals surface area contributed by atoms with Crippen LogP contribution in [0.1, 0.15) is 11.3 Å². The van der Waals surface area contributed by atoms with Crippen molar-refractivity contribution in [2.24, 2.45) is 0 Å². The van der Waals surface area contributed by atoms with Crippen LogP contribution >= 0.6 is 34.5 Å². The van der Waals surface area contributed by atoms with Gasteiger partial charge in [-0.3, -0.25) is 4.79 Å². The largest absolute Gasteiger partial charge is 0.457 e. The maximum Gasteiger partial charge on any atom is 0.248 e. The van der Waals surface area contributed by atoms with Gasteiger partial charge in [0.1, 0.15) is 16.5 Å². The zero-order valence-electron chi connectivity index (χ0n) is 18.0. The molecule has 0 aliphatic rings. The molecule has 168 valence electrons. The number of para-hydroxylation sites is 1. The maximum atomic E-state index is 12.6. The van der Waals surface area contributed by atoms with Crippen molar-refractivity contribution in [3.63, 3.8) is 0 Å². The van der Waals surface area contributed by atoms with E-state index in [1.165, 1.54) is 6.08 Å². The first-order valence-corrected chi connectivity index (χ1v) is 12.0. The zero-order chi connectivity index (χ0) is 23.7. The summed E-state index contributed by atoms with van der Waals surface area (Å²) in [6.45, 7) is 1.95. The van der Waals surface area contributed by atoms with Crippen LogP contribution in [0.25, 0.3) is 38.2 Å². The van der Waals surface area contributed by atoms with Crippen LogP contribution in [0.3, 0.4) is 0 Å². The average Bonchev–Trinajstić information content (AvgIpc) is 3.46. The van der Waals surface area contributed by atoms with E-state index in [9.17, 15) is 4.79 Å². The molecular formula is C27H18Cl2N2O2S. The number of nitrogens with one attached hydrogen (secondary N) is 1. The van der Waals surface area contributed by atoms with Gasteiger partial charge in [0.05, 0.1) is 10.2 Å². The van der Waals surface area contributed by atoms with Crippen LogP contribution in [0.15, 0.2) is 83.3 Å². The SMILES string of the molecule is Cc1ccc(-c2nc3ccccc3s2)cc1NC(=O)/C=C/c1ccc(-c2cc(Cl)cc(Cl)c2)o1. The number of furan rings is 1. The van der Waals surface area contributed by atoms with Gasteiger partial charge in [0, 0.05) is 32.9 Å². The highest BCUT2D eigenvalue weighted by Gasteiger charge is 2.10. The quantitative estimate of drug-likeness (QED) is 0.244. The van der Waals surface area contributed by atoms with Gasteiger partial charge in [-0.05, 0) is 67.1 Å². The molecular weight excluding hydrogens is 487 g/mol. The minimum Gasteiger partial charge on any atom is -0.457 e. The molecule has 0 unspecified atom stereocenters. The van der Waals surface area contributed by atoms with Crippen LogP contribution in [0, 0.1) is 6.92 Å². The highest BCUT2D eigenvalue weighted by atomic mass is 35.5. The van der Waals surface area contributed by atoms with Gasteiger partial charge < -0.3 is 9.73 Å². The fourth-order valence-electron chi connectivity index (χ4n) is 3.51. The molecule has 5 rings (SSSR count). The average molecular weight is 505 g/mol. The molecule has 0 atom stereocenters. The minimum atomic E-state index is -0.256. The lowest BCUT2D eigenvalue weighted by molar-refractivity contribution is -0.111. The molecule has 0 aliphatic carbocycles. The third kappa shape index (κ3) is 4.92. The van der Waals surface area contributed by atoms with Gasteiger partial charge >= 0.3 is 0 Å². The van der Waals surface area contributed by atoms with Crippen molar-refractivity contribution in [1.82, 2.24) is 4.98 Å². The number of hydrogen-bond donors (Lipinski definition) is 1. The molecule has 7 heteroatoms. The number of fused-ring (bicyclic) bond motifs is 1. The Hall–Kier alpha value is -3.38. The molecule has 0 saturated carbocycles. The number of halogens is 2. The highest BCUT2D eigenvalue weighted by Crippen LogP contribution is 2.32. The van der Waals surface area contributed by atoms with Gasteiger partial charge in [-0.1, -0.05) is 47.5 Å². The second-order valence-electron chi connectivity index (χ2n) is 7.70. The van der Waals surface area contributed by atoms with Crippen molar-refractivity contribution in [3.05, 3.63) is 100 Å². The first kappa shape index (κ1) is 22.4. The number of amides is 1. The first-order chi connectivity index (χ1) is 16.4. The summed E-state index contributed by atoms with van der Waals surface area (Å²) in [5, 5.41) is 4.92. The predicted octanol–water partition coefficient (Wildman–Crippen LogP) is 8.49. The van der Waals surface area contributed by atoms with E-state index in [2.05, 4.69) is 11.4 Å². The van der Waals surface area contributed by atoms with Gasteiger partial charge in [-0.25, -0.2) is 4.98 Å². The zero-order valence-corrected chi connectivity index (χ0v) is 20.3. The van der Waals surface area contributed by atoms with Crippen molar-refractivity contribution in [1.29, 1.82) is 0 Å². The first-order valence-electron chi connectivity index (χ1n) is 10.5. The third-order valence-electron chi connectivity index (χ3n) is 5.21. The van der Waals surface area contributed by atoms with Crippen LogP contribution in [0.4, 0.5) is 5.69 Å². The van der Waals surface area contributed by atoms with Crippen molar-refractivity contribution >= 4 is 62.4 Å². The molecule has 5 aromatic rings. The minimum absolute atomic E-state index is 0.256. The number of carbonyl (C=O) groups is 1. The Morgan fingerprint density at radius 2 is 1.76 bits per heavy atom. The Bertz CT molecular complexity index is 1500. The number of carbonyl (C=O) groups excluding carboxylic acids is 1. The van der Waals surface area contributed by atoms with E-state index in [-0.39, 0.29) is 5.91 Å². The number of anilines is 1. The molecule has 0 aliphatic heterocycles. The highest BCUT2D eigenvalue weighted by molar-refractivity contribution is 7.21. The summed E-state index contributed by atoms with van der Waals surface area (Å²) in [5.41, 5.74) is 4.39. The summed E-state index contributed by atoms with van der Waals surface area (Å²) in [5.74, 6) is 0.901.